The van der Waals surface area contributed by atoms with Crippen molar-refractivity contribution in [3.63, 3.8) is 0 Å². The van der Waals surface area contributed by atoms with Crippen LogP contribution in [0.15, 0.2) is 24.3 Å². The van der Waals surface area contributed by atoms with E-state index in [1.165, 1.54) is 0 Å². The third kappa shape index (κ3) is 6.61. The van der Waals surface area contributed by atoms with Gasteiger partial charge in [-0.3, -0.25) is 0 Å². The van der Waals surface area contributed by atoms with E-state index in [0.717, 1.165) is 17.7 Å². The number of hydrogen-bond donors (Lipinski definition) is 1. The summed E-state index contributed by atoms with van der Waals surface area (Å²) in [5.41, 5.74) is 1.16. The van der Waals surface area contributed by atoms with Gasteiger partial charge >= 0.3 is 0 Å². The first-order valence-electron chi connectivity index (χ1n) is 6.07. The zero-order valence-electron chi connectivity index (χ0n) is 10.9. The Labute approximate surface area is 109 Å². The van der Waals surface area contributed by atoms with Crippen molar-refractivity contribution >= 4 is 10.0 Å². The second-order valence-electron chi connectivity index (χ2n) is 4.71. The third-order valence-electron chi connectivity index (χ3n) is 2.76. The number of ether oxygens (including phenoxy) is 1. The molecule has 1 rings (SSSR count). The van der Waals surface area contributed by atoms with Crippen molar-refractivity contribution in [3.05, 3.63) is 29.8 Å². The van der Waals surface area contributed by atoms with Gasteiger partial charge in [0, 0.05) is 0 Å². The van der Waals surface area contributed by atoms with Gasteiger partial charge in [-0.25, -0.2) is 13.6 Å². The van der Waals surface area contributed by atoms with Crippen molar-refractivity contribution in [1.82, 2.24) is 0 Å². The van der Waals surface area contributed by atoms with E-state index in [-0.39, 0.29) is 11.7 Å². The van der Waals surface area contributed by atoms with Crippen LogP contribution in [0.3, 0.4) is 0 Å². The summed E-state index contributed by atoms with van der Waals surface area (Å²) in [5.74, 6) is 1.18. The summed E-state index contributed by atoms with van der Waals surface area (Å²) < 4.78 is 27.2. The molecule has 0 aromatic heterocycles. The first kappa shape index (κ1) is 15.0. The van der Waals surface area contributed by atoms with Gasteiger partial charge in [-0.2, -0.15) is 0 Å². The number of primary sulfonamides is 1. The first-order valence-corrected chi connectivity index (χ1v) is 7.78. The van der Waals surface area contributed by atoms with Crippen LogP contribution in [0.25, 0.3) is 0 Å². The van der Waals surface area contributed by atoms with Crippen LogP contribution in [-0.2, 0) is 10.0 Å². The van der Waals surface area contributed by atoms with Crippen LogP contribution in [0.4, 0.5) is 0 Å². The molecule has 0 bridgehead atoms. The van der Waals surface area contributed by atoms with Crippen LogP contribution in [-0.4, -0.2) is 20.8 Å². The molecule has 0 saturated carbocycles. The Balaban J connectivity index is 2.25. The summed E-state index contributed by atoms with van der Waals surface area (Å²) in [6.07, 6.45) is 1.40. The molecule has 0 amide bonds. The topological polar surface area (TPSA) is 69.4 Å². The predicted molar refractivity (Wildman–Crippen MR) is 73.0 cm³/mol. The Hall–Kier alpha value is -1.07. The quantitative estimate of drug-likeness (QED) is 0.825. The largest absolute Gasteiger partial charge is 0.494 e. The molecule has 1 aromatic rings. The van der Waals surface area contributed by atoms with Gasteiger partial charge in [0.15, 0.2) is 0 Å². The highest BCUT2D eigenvalue weighted by molar-refractivity contribution is 7.89. The van der Waals surface area contributed by atoms with E-state index < -0.39 is 10.0 Å². The Kier molecular flexibility index (Phi) is 5.62. The summed E-state index contributed by atoms with van der Waals surface area (Å²) in [7, 11) is -3.34. The summed E-state index contributed by atoms with van der Waals surface area (Å²) in [6, 6.07) is 7.87. The van der Waals surface area contributed by atoms with E-state index in [2.05, 4.69) is 0 Å². The maximum Gasteiger partial charge on any atom is 0.209 e. The number of aryl methyl sites for hydroxylation is 1. The fourth-order valence-corrected chi connectivity index (χ4v) is 2.32. The molecule has 18 heavy (non-hydrogen) atoms. The maximum atomic E-state index is 10.8. The predicted octanol–water partition coefficient (Wildman–Crippen LogP) is 2.08. The summed E-state index contributed by atoms with van der Waals surface area (Å²) in [6.45, 7) is 4.61. The highest BCUT2D eigenvalue weighted by atomic mass is 32.2. The zero-order valence-corrected chi connectivity index (χ0v) is 11.7. The smallest absolute Gasteiger partial charge is 0.209 e. The molecule has 1 unspecified atom stereocenters. The summed E-state index contributed by atoms with van der Waals surface area (Å²) >= 11 is 0. The summed E-state index contributed by atoms with van der Waals surface area (Å²) in [4.78, 5) is 0. The van der Waals surface area contributed by atoms with Gasteiger partial charge in [-0.15, -0.1) is 0 Å². The lowest BCUT2D eigenvalue weighted by Gasteiger charge is -2.12. The first-order chi connectivity index (χ1) is 8.37. The van der Waals surface area contributed by atoms with E-state index in [1.54, 1.807) is 0 Å². The van der Waals surface area contributed by atoms with Crippen LogP contribution in [0.2, 0.25) is 0 Å². The molecule has 5 heteroatoms. The molecule has 2 N–H and O–H groups in total. The van der Waals surface area contributed by atoms with Crippen molar-refractivity contribution in [3.8, 4) is 5.75 Å². The molecule has 0 aliphatic carbocycles. The number of sulfonamides is 1. The molecule has 1 atom stereocenters. The molecule has 0 aliphatic rings. The molecular formula is C13H21NO3S. The lowest BCUT2D eigenvalue weighted by Crippen LogP contribution is -2.18. The SMILES string of the molecule is Cc1cccc(OCCC(C)CCS(N)(=O)=O)c1. The van der Waals surface area contributed by atoms with Crippen molar-refractivity contribution in [2.24, 2.45) is 11.1 Å². The standard InChI is InChI=1S/C13H21NO3S/c1-11(7-9-18(14,15)16)6-8-17-13-5-3-4-12(2)10-13/h3-5,10-11H,6-9H2,1-2H3,(H2,14,15,16). The highest BCUT2D eigenvalue weighted by Gasteiger charge is 2.08. The minimum atomic E-state index is -3.34. The fourth-order valence-electron chi connectivity index (χ4n) is 1.59. The molecule has 0 fully saturated rings. The van der Waals surface area contributed by atoms with Crippen molar-refractivity contribution in [2.45, 2.75) is 26.7 Å². The van der Waals surface area contributed by atoms with E-state index in [1.807, 2.05) is 38.1 Å². The van der Waals surface area contributed by atoms with Crippen molar-refractivity contribution in [1.29, 1.82) is 0 Å². The van der Waals surface area contributed by atoms with Gasteiger partial charge in [0.1, 0.15) is 5.75 Å². The average molecular weight is 271 g/mol. The van der Waals surface area contributed by atoms with E-state index >= 15 is 0 Å². The molecule has 4 nitrogen and oxygen atoms in total. The zero-order chi connectivity index (χ0) is 13.6. The van der Waals surface area contributed by atoms with Crippen LogP contribution >= 0.6 is 0 Å². The number of benzene rings is 1. The van der Waals surface area contributed by atoms with E-state index in [9.17, 15) is 8.42 Å². The van der Waals surface area contributed by atoms with E-state index in [0.29, 0.717) is 13.0 Å². The van der Waals surface area contributed by atoms with Crippen molar-refractivity contribution in [2.75, 3.05) is 12.4 Å². The van der Waals surface area contributed by atoms with Gasteiger partial charge in [-0.1, -0.05) is 19.1 Å². The lowest BCUT2D eigenvalue weighted by molar-refractivity contribution is 0.281. The van der Waals surface area contributed by atoms with Gasteiger partial charge in [0.25, 0.3) is 0 Å². The molecule has 0 saturated heterocycles. The second-order valence-corrected chi connectivity index (χ2v) is 6.45. The van der Waals surface area contributed by atoms with Crippen LogP contribution < -0.4 is 9.88 Å². The molecule has 102 valence electrons. The minimum absolute atomic E-state index is 0.0403. The van der Waals surface area contributed by atoms with Gasteiger partial charge in [0.05, 0.1) is 12.4 Å². The third-order valence-corrected chi connectivity index (χ3v) is 3.57. The Morgan fingerprint density at radius 3 is 2.67 bits per heavy atom. The average Bonchev–Trinajstić information content (AvgIpc) is 2.25. The Morgan fingerprint density at radius 1 is 1.33 bits per heavy atom. The number of hydrogen-bond acceptors (Lipinski definition) is 3. The maximum absolute atomic E-state index is 10.8. The van der Waals surface area contributed by atoms with Crippen LogP contribution in [0.5, 0.6) is 5.75 Å². The molecule has 0 aliphatic heterocycles. The van der Waals surface area contributed by atoms with Crippen LogP contribution in [0, 0.1) is 12.8 Å². The molecule has 0 radical (unpaired) electrons. The van der Waals surface area contributed by atoms with E-state index in [4.69, 9.17) is 9.88 Å². The number of rotatable bonds is 7. The molecule has 0 heterocycles. The monoisotopic (exact) mass is 271 g/mol. The lowest BCUT2D eigenvalue weighted by atomic mass is 10.1. The van der Waals surface area contributed by atoms with Gasteiger partial charge in [0.2, 0.25) is 10.0 Å². The van der Waals surface area contributed by atoms with Gasteiger partial charge < -0.3 is 4.74 Å². The van der Waals surface area contributed by atoms with Crippen molar-refractivity contribution < 1.29 is 13.2 Å². The molecule has 0 spiro atoms. The molecular weight excluding hydrogens is 250 g/mol. The fraction of sp³-hybridized carbons (Fsp3) is 0.538. The Bertz CT molecular complexity index is 471. The normalized spacial score (nSPS) is 13.3. The molecule has 1 aromatic carbocycles. The second kappa shape index (κ2) is 6.75. The highest BCUT2D eigenvalue weighted by Crippen LogP contribution is 2.14. The minimum Gasteiger partial charge on any atom is -0.494 e. The summed E-state index contributed by atoms with van der Waals surface area (Å²) in [5, 5.41) is 4.96. The van der Waals surface area contributed by atoms with Crippen LogP contribution in [0.1, 0.15) is 25.3 Å². The van der Waals surface area contributed by atoms with Gasteiger partial charge in [-0.05, 0) is 43.4 Å². The Morgan fingerprint density at radius 2 is 2.06 bits per heavy atom. The number of nitrogens with two attached hydrogens (primary N) is 1.